The van der Waals surface area contributed by atoms with Crippen molar-refractivity contribution in [2.45, 2.75) is 13.8 Å². The van der Waals surface area contributed by atoms with Crippen molar-refractivity contribution in [1.29, 1.82) is 0 Å². The van der Waals surface area contributed by atoms with Crippen LogP contribution >= 0.6 is 0 Å². The Morgan fingerprint density at radius 2 is 2.36 bits per heavy atom. The zero-order chi connectivity index (χ0) is 10.6. The van der Waals surface area contributed by atoms with Gasteiger partial charge in [-0.05, 0) is 18.1 Å². The highest BCUT2D eigenvalue weighted by atomic mass is 16.4. The van der Waals surface area contributed by atoms with E-state index in [1.165, 1.54) is 12.3 Å². The number of nitrogens with zero attached hydrogens (tertiary/aromatic N) is 1. The number of hydrogen-bond donors (Lipinski definition) is 2. The summed E-state index contributed by atoms with van der Waals surface area (Å²) < 4.78 is 0. The Balaban J connectivity index is 2.69. The van der Waals surface area contributed by atoms with E-state index in [0.29, 0.717) is 5.92 Å². The molecule has 0 spiro atoms. The second-order valence-corrected chi connectivity index (χ2v) is 3.51. The molecule has 0 aliphatic rings. The van der Waals surface area contributed by atoms with E-state index in [0.717, 1.165) is 12.2 Å². The number of rotatable bonds is 4. The highest BCUT2D eigenvalue weighted by Crippen LogP contribution is 2.08. The molecule has 0 radical (unpaired) electrons. The molecular formula is C10H14N2O2. The lowest BCUT2D eigenvalue weighted by Crippen LogP contribution is -2.09. The van der Waals surface area contributed by atoms with Gasteiger partial charge >= 0.3 is 5.97 Å². The molecule has 2 N–H and O–H groups in total. The first-order valence-electron chi connectivity index (χ1n) is 4.53. The minimum absolute atomic E-state index is 0.0683. The summed E-state index contributed by atoms with van der Waals surface area (Å²) in [6, 6.07) is 3.29. The summed E-state index contributed by atoms with van der Waals surface area (Å²) in [6.45, 7) is 5.00. The van der Waals surface area contributed by atoms with Crippen molar-refractivity contribution < 1.29 is 9.90 Å². The summed E-state index contributed by atoms with van der Waals surface area (Å²) in [5, 5.41) is 11.8. The fourth-order valence-corrected chi connectivity index (χ4v) is 0.979. The Hall–Kier alpha value is -1.58. The van der Waals surface area contributed by atoms with E-state index in [-0.39, 0.29) is 5.69 Å². The number of aromatic nitrogens is 1. The zero-order valence-corrected chi connectivity index (χ0v) is 8.32. The van der Waals surface area contributed by atoms with Crippen LogP contribution in [0.1, 0.15) is 24.3 Å². The van der Waals surface area contributed by atoms with E-state index in [2.05, 4.69) is 24.1 Å². The van der Waals surface area contributed by atoms with E-state index < -0.39 is 5.97 Å². The highest BCUT2D eigenvalue weighted by Gasteiger charge is 2.04. The molecule has 1 rings (SSSR count). The van der Waals surface area contributed by atoms with Crippen molar-refractivity contribution in [3.8, 4) is 0 Å². The summed E-state index contributed by atoms with van der Waals surface area (Å²) in [5.74, 6) is -0.477. The smallest absolute Gasteiger partial charge is 0.354 e. The Labute approximate surface area is 83.0 Å². The fourth-order valence-electron chi connectivity index (χ4n) is 0.979. The van der Waals surface area contributed by atoms with Crippen molar-refractivity contribution in [2.24, 2.45) is 5.92 Å². The van der Waals surface area contributed by atoms with Crippen molar-refractivity contribution in [2.75, 3.05) is 11.9 Å². The minimum atomic E-state index is -1.00. The van der Waals surface area contributed by atoms with Crippen LogP contribution in [0.3, 0.4) is 0 Å². The Morgan fingerprint density at radius 1 is 1.64 bits per heavy atom. The van der Waals surface area contributed by atoms with Crippen molar-refractivity contribution in [3.05, 3.63) is 24.0 Å². The number of carboxylic acids is 1. The molecule has 0 unspecified atom stereocenters. The van der Waals surface area contributed by atoms with E-state index in [1.54, 1.807) is 6.07 Å². The van der Waals surface area contributed by atoms with Gasteiger partial charge in [-0.2, -0.15) is 0 Å². The lowest BCUT2D eigenvalue weighted by molar-refractivity contribution is 0.0690. The molecule has 0 saturated carbocycles. The summed E-state index contributed by atoms with van der Waals surface area (Å²) in [6.07, 6.45) is 1.49. The average Bonchev–Trinajstić information content (AvgIpc) is 2.15. The summed E-state index contributed by atoms with van der Waals surface area (Å²) in [5.41, 5.74) is 0.866. The monoisotopic (exact) mass is 194 g/mol. The number of nitrogens with one attached hydrogen (secondary N) is 1. The molecule has 0 bridgehead atoms. The number of anilines is 1. The average molecular weight is 194 g/mol. The van der Waals surface area contributed by atoms with Crippen LogP contribution < -0.4 is 5.32 Å². The minimum Gasteiger partial charge on any atom is -0.477 e. The number of aromatic carboxylic acids is 1. The topological polar surface area (TPSA) is 62.2 Å². The molecule has 4 heteroatoms. The lowest BCUT2D eigenvalue weighted by atomic mass is 10.2. The van der Waals surface area contributed by atoms with Gasteiger partial charge in [-0.25, -0.2) is 9.78 Å². The predicted molar refractivity (Wildman–Crippen MR) is 54.5 cm³/mol. The Kier molecular flexibility index (Phi) is 3.45. The summed E-state index contributed by atoms with van der Waals surface area (Å²) >= 11 is 0. The molecule has 1 heterocycles. The summed E-state index contributed by atoms with van der Waals surface area (Å²) in [4.78, 5) is 14.3. The molecule has 0 aliphatic carbocycles. The van der Waals surface area contributed by atoms with Crippen molar-refractivity contribution in [1.82, 2.24) is 4.98 Å². The van der Waals surface area contributed by atoms with Crippen molar-refractivity contribution in [3.63, 3.8) is 0 Å². The maximum absolute atomic E-state index is 10.6. The standard InChI is InChI=1S/C10H14N2O2/c1-7(2)6-12-8-3-4-11-9(5-8)10(13)14/h3-5,7H,6H2,1-2H3,(H,11,12)(H,13,14). The highest BCUT2D eigenvalue weighted by molar-refractivity contribution is 5.86. The summed E-state index contributed by atoms with van der Waals surface area (Å²) in [7, 11) is 0. The molecule has 0 atom stereocenters. The second kappa shape index (κ2) is 4.60. The SMILES string of the molecule is CC(C)CNc1ccnc(C(=O)O)c1. The van der Waals surface area contributed by atoms with Gasteiger partial charge in [0.05, 0.1) is 0 Å². The van der Waals surface area contributed by atoms with Gasteiger partial charge in [-0.1, -0.05) is 13.8 Å². The third kappa shape index (κ3) is 3.05. The van der Waals surface area contributed by atoms with Crippen LogP contribution in [0.2, 0.25) is 0 Å². The van der Waals surface area contributed by atoms with Crippen LogP contribution in [-0.4, -0.2) is 22.6 Å². The largest absolute Gasteiger partial charge is 0.477 e. The van der Waals surface area contributed by atoms with Crippen LogP contribution in [0.5, 0.6) is 0 Å². The maximum Gasteiger partial charge on any atom is 0.354 e. The third-order valence-corrected chi connectivity index (χ3v) is 1.69. The van der Waals surface area contributed by atoms with Gasteiger partial charge in [0, 0.05) is 18.4 Å². The van der Waals surface area contributed by atoms with Gasteiger partial charge < -0.3 is 10.4 Å². The van der Waals surface area contributed by atoms with E-state index in [9.17, 15) is 4.79 Å². The van der Waals surface area contributed by atoms with E-state index >= 15 is 0 Å². The normalized spacial score (nSPS) is 10.2. The Bertz CT molecular complexity index is 324. The molecule has 76 valence electrons. The quantitative estimate of drug-likeness (QED) is 0.767. The third-order valence-electron chi connectivity index (χ3n) is 1.69. The van der Waals surface area contributed by atoms with Crippen molar-refractivity contribution >= 4 is 11.7 Å². The van der Waals surface area contributed by atoms with Crippen LogP contribution in [-0.2, 0) is 0 Å². The first-order chi connectivity index (χ1) is 6.59. The lowest BCUT2D eigenvalue weighted by Gasteiger charge is -2.08. The first-order valence-corrected chi connectivity index (χ1v) is 4.53. The molecule has 14 heavy (non-hydrogen) atoms. The van der Waals surface area contributed by atoms with Crippen LogP contribution in [0.25, 0.3) is 0 Å². The van der Waals surface area contributed by atoms with Gasteiger partial charge in [-0.15, -0.1) is 0 Å². The molecule has 4 nitrogen and oxygen atoms in total. The Morgan fingerprint density at radius 3 is 2.93 bits per heavy atom. The predicted octanol–water partition coefficient (Wildman–Crippen LogP) is 1.85. The van der Waals surface area contributed by atoms with Crippen LogP contribution in [0.4, 0.5) is 5.69 Å². The van der Waals surface area contributed by atoms with Gasteiger partial charge in [0.15, 0.2) is 0 Å². The molecule has 0 aliphatic heterocycles. The van der Waals surface area contributed by atoms with Crippen LogP contribution in [0.15, 0.2) is 18.3 Å². The van der Waals surface area contributed by atoms with Gasteiger partial charge in [0.2, 0.25) is 0 Å². The van der Waals surface area contributed by atoms with E-state index in [1.807, 2.05) is 0 Å². The maximum atomic E-state index is 10.6. The van der Waals surface area contributed by atoms with Gasteiger partial charge in [-0.3, -0.25) is 0 Å². The van der Waals surface area contributed by atoms with Gasteiger partial charge in [0.25, 0.3) is 0 Å². The zero-order valence-electron chi connectivity index (χ0n) is 8.32. The number of hydrogen-bond acceptors (Lipinski definition) is 3. The fraction of sp³-hybridized carbons (Fsp3) is 0.400. The first kappa shape index (κ1) is 10.5. The number of carboxylic acid groups (broad SMARTS) is 1. The molecule has 0 amide bonds. The second-order valence-electron chi connectivity index (χ2n) is 3.51. The van der Waals surface area contributed by atoms with Crippen LogP contribution in [0, 0.1) is 5.92 Å². The van der Waals surface area contributed by atoms with E-state index in [4.69, 9.17) is 5.11 Å². The molecule has 0 aromatic carbocycles. The molecule has 1 aromatic heterocycles. The number of pyridine rings is 1. The molecule has 0 saturated heterocycles. The number of carbonyl (C=O) groups is 1. The molecule has 0 fully saturated rings. The molecular weight excluding hydrogens is 180 g/mol. The van der Waals surface area contributed by atoms with Gasteiger partial charge in [0.1, 0.15) is 5.69 Å². The molecule has 1 aromatic rings.